The highest BCUT2D eigenvalue weighted by molar-refractivity contribution is 7.89. The van der Waals surface area contributed by atoms with Gasteiger partial charge in [0.15, 0.2) is 0 Å². The number of carbonyl (C=O) groups is 2. The van der Waals surface area contributed by atoms with E-state index < -0.39 is 22.0 Å². The van der Waals surface area contributed by atoms with Gasteiger partial charge in [-0.05, 0) is 36.5 Å². The van der Waals surface area contributed by atoms with Crippen molar-refractivity contribution in [2.45, 2.75) is 44.4 Å². The molecule has 0 aromatic heterocycles. The summed E-state index contributed by atoms with van der Waals surface area (Å²) >= 11 is 0. The predicted octanol–water partition coefficient (Wildman–Crippen LogP) is 1.74. The highest BCUT2D eigenvalue weighted by Gasteiger charge is 2.29. The minimum absolute atomic E-state index is 0.0665. The van der Waals surface area contributed by atoms with Crippen LogP contribution in [0, 0.1) is 0 Å². The molecule has 1 atom stereocenters. The Morgan fingerprint density at radius 1 is 1.07 bits per heavy atom. The fourth-order valence-corrected chi connectivity index (χ4v) is 4.56. The number of hydrogen-bond donors (Lipinski definition) is 2. The Morgan fingerprint density at radius 3 is 2.24 bits per heavy atom. The monoisotopic (exact) mass is 424 g/mol. The number of imide groups is 1. The maximum Gasteiger partial charge on any atom is 0.321 e. The average Bonchev–Trinajstić information content (AvgIpc) is 2.72. The van der Waals surface area contributed by atoms with E-state index in [1.54, 1.807) is 12.1 Å². The van der Waals surface area contributed by atoms with Crippen LogP contribution in [0.4, 0.5) is 4.79 Å². The van der Waals surface area contributed by atoms with Crippen LogP contribution in [0.1, 0.15) is 45.1 Å². The van der Waals surface area contributed by atoms with Gasteiger partial charge in [-0.3, -0.25) is 15.0 Å². The van der Waals surface area contributed by atoms with Crippen molar-refractivity contribution in [2.75, 3.05) is 39.3 Å². The van der Waals surface area contributed by atoms with Crippen LogP contribution in [0.15, 0.2) is 29.2 Å². The summed E-state index contributed by atoms with van der Waals surface area (Å²) in [6, 6.07) is 6.60. The minimum Gasteiger partial charge on any atom is -0.338 e. The van der Waals surface area contributed by atoms with Crippen LogP contribution in [0.2, 0.25) is 0 Å². The number of benzene rings is 1. The molecule has 1 aromatic carbocycles. The lowest BCUT2D eigenvalue weighted by Crippen LogP contribution is -2.52. The molecule has 0 bridgehead atoms. The molecule has 0 saturated carbocycles. The Morgan fingerprint density at radius 2 is 1.69 bits per heavy atom. The number of sulfonamides is 1. The number of carbonyl (C=O) groups excluding carboxylic acids is 2. The second-order valence-corrected chi connectivity index (χ2v) is 9.30. The molecule has 1 aliphatic heterocycles. The van der Waals surface area contributed by atoms with Gasteiger partial charge in [-0.1, -0.05) is 32.9 Å². The molecule has 1 heterocycles. The first-order valence-electron chi connectivity index (χ1n) is 10.2. The molecule has 0 spiro atoms. The Labute approximate surface area is 173 Å². The van der Waals surface area contributed by atoms with E-state index in [2.05, 4.69) is 24.5 Å². The van der Waals surface area contributed by atoms with Crippen molar-refractivity contribution in [2.24, 2.45) is 0 Å². The van der Waals surface area contributed by atoms with E-state index in [1.165, 1.54) is 4.31 Å². The minimum atomic E-state index is -3.55. The van der Waals surface area contributed by atoms with Crippen LogP contribution in [-0.4, -0.2) is 68.8 Å². The lowest BCUT2D eigenvalue weighted by atomic mass is 9.99. The molecule has 0 radical (unpaired) electrons. The molecule has 162 valence electrons. The van der Waals surface area contributed by atoms with Crippen molar-refractivity contribution < 1.29 is 18.0 Å². The Hall–Kier alpha value is -1.97. The summed E-state index contributed by atoms with van der Waals surface area (Å²) in [7, 11) is -3.55. The van der Waals surface area contributed by atoms with Crippen LogP contribution in [-0.2, 0) is 14.8 Å². The quantitative estimate of drug-likeness (QED) is 0.662. The van der Waals surface area contributed by atoms with Gasteiger partial charge in [0, 0.05) is 32.7 Å². The van der Waals surface area contributed by atoms with Crippen molar-refractivity contribution in [3.63, 3.8) is 0 Å². The average molecular weight is 425 g/mol. The van der Waals surface area contributed by atoms with E-state index in [0.29, 0.717) is 43.5 Å². The van der Waals surface area contributed by atoms with Crippen LogP contribution in [0.25, 0.3) is 0 Å². The van der Waals surface area contributed by atoms with E-state index in [9.17, 15) is 18.0 Å². The predicted molar refractivity (Wildman–Crippen MR) is 112 cm³/mol. The molecule has 0 aliphatic carbocycles. The van der Waals surface area contributed by atoms with Gasteiger partial charge in [-0.2, -0.15) is 4.31 Å². The van der Waals surface area contributed by atoms with Gasteiger partial charge < -0.3 is 5.32 Å². The first-order valence-corrected chi connectivity index (χ1v) is 11.6. The van der Waals surface area contributed by atoms with Crippen LogP contribution in [0.5, 0.6) is 0 Å². The number of hydrogen-bond acceptors (Lipinski definition) is 5. The molecule has 2 rings (SSSR count). The van der Waals surface area contributed by atoms with E-state index in [-0.39, 0.29) is 6.54 Å². The van der Waals surface area contributed by atoms with Crippen LogP contribution in [0.3, 0.4) is 0 Å². The molecule has 8 nitrogen and oxygen atoms in total. The summed E-state index contributed by atoms with van der Waals surface area (Å²) in [4.78, 5) is 25.6. The van der Waals surface area contributed by atoms with Crippen molar-refractivity contribution in [3.05, 3.63) is 29.8 Å². The lowest BCUT2D eigenvalue weighted by Gasteiger charge is -2.33. The van der Waals surface area contributed by atoms with Gasteiger partial charge in [0.1, 0.15) is 0 Å². The van der Waals surface area contributed by atoms with Crippen molar-refractivity contribution >= 4 is 22.0 Å². The topological polar surface area (TPSA) is 98.8 Å². The number of rotatable bonds is 8. The summed E-state index contributed by atoms with van der Waals surface area (Å²) < 4.78 is 27.2. The zero-order valence-electron chi connectivity index (χ0n) is 17.5. The number of nitrogens with zero attached hydrogens (tertiary/aromatic N) is 2. The van der Waals surface area contributed by atoms with Gasteiger partial charge in [-0.15, -0.1) is 0 Å². The summed E-state index contributed by atoms with van der Waals surface area (Å²) in [5.74, 6) is 0.000965. The molecular weight excluding hydrogens is 392 g/mol. The molecule has 1 aromatic rings. The lowest BCUT2D eigenvalue weighted by molar-refractivity contribution is -0.121. The molecule has 9 heteroatoms. The standard InChI is InChI=1S/C20H32N4O4S/c1-4-10-21-20(26)22-19(25)15-23-11-13-24(14-12-23)29(27,28)18-8-6-17(7-9-18)16(3)5-2/h6-9,16H,4-5,10-15H2,1-3H3,(H2,21,22,25,26)/t16-/m0/s1. The Kier molecular flexibility index (Phi) is 8.60. The normalized spacial score (nSPS) is 16.9. The summed E-state index contributed by atoms with van der Waals surface area (Å²) in [5.41, 5.74) is 1.13. The highest BCUT2D eigenvalue weighted by atomic mass is 32.2. The van der Waals surface area contributed by atoms with Crippen molar-refractivity contribution in [1.29, 1.82) is 0 Å². The van der Waals surface area contributed by atoms with Gasteiger partial charge in [0.2, 0.25) is 15.9 Å². The van der Waals surface area contributed by atoms with Crippen LogP contribution < -0.4 is 10.6 Å². The van der Waals surface area contributed by atoms with Gasteiger partial charge in [-0.25, -0.2) is 13.2 Å². The zero-order valence-corrected chi connectivity index (χ0v) is 18.3. The third-order valence-corrected chi connectivity index (χ3v) is 7.10. The molecule has 3 amide bonds. The van der Waals surface area contributed by atoms with Crippen molar-refractivity contribution in [1.82, 2.24) is 19.8 Å². The van der Waals surface area contributed by atoms with Crippen LogP contribution >= 0.6 is 0 Å². The highest BCUT2D eigenvalue weighted by Crippen LogP contribution is 2.23. The molecule has 1 saturated heterocycles. The van der Waals surface area contributed by atoms with E-state index >= 15 is 0 Å². The maximum atomic E-state index is 12.9. The molecule has 29 heavy (non-hydrogen) atoms. The van der Waals surface area contributed by atoms with E-state index in [4.69, 9.17) is 0 Å². The second-order valence-electron chi connectivity index (χ2n) is 7.36. The number of piperazine rings is 1. The van der Waals surface area contributed by atoms with Gasteiger partial charge >= 0.3 is 6.03 Å². The summed E-state index contributed by atoms with van der Waals surface area (Å²) in [5, 5.41) is 4.87. The summed E-state index contributed by atoms with van der Waals surface area (Å²) in [6.07, 6.45) is 1.79. The Balaban J connectivity index is 1.87. The summed E-state index contributed by atoms with van der Waals surface area (Å²) in [6.45, 7) is 8.22. The smallest absolute Gasteiger partial charge is 0.321 e. The van der Waals surface area contributed by atoms with Gasteiger partial charge in [0.05, 0.1) is 11.4 Å². The number of amides is 3. The molecule has 2 N–H and O–H groups in total. The fraction of sp³-hybridized carbons (Fsp3) is 0.600. The molecular formula is C20H32N4O4S. The van der Waals surface area contributed by atoms with E-state index in [0.717, 1.165) is 18.4 Å². The third kappa shape index (κ3) is 6.52. The first-order chi connectivity index (χ1) is 13.8. The Bertz CT molecular complexity index is 787. The molecule has 0 unspecified atom stereocenters. The second kappa shape index (κ2) is 10.7. The van der Waals surface area contributed by atoms with Crippen molar-refractivity contribution in [3.8, 4) is 0 Å². The molecule has 1 aliphatic rings. The molecule has 1 fully saturated rings. The fourth-order valence-electron chi connectivity index (χ4n) is 3.13. The number of nitrogens with one attached hydrogen (secondary N) is 2. The third-order valence-electron chi connectivity index (χ3n) is 5.19. The zero-order chi connectivity index (χ0) is 21.4. The van der Waals surface area contributed by atoms with Gasteiger partial charge in [0.25, 0.3) is 0 Å². The first kappa shape index (κ1) is 23.3. The number of urea groups is 1. The largest absolute Gasteiger partial charge is 0.338 e. The SMILES string of the molecule is CCCNC(=O)NC(=O)CN1CCN(S(=O)(=O)c2ccc([C@@H](C)CC)cc2)CC1. The van der Waals surface area contributed by atoms with E-state index in [1.807, 2.05) is 24.0 Å². The maximum absolute atomic E-state index is 12.9.